The summed E-state index contributed by atoms with van der Waals surface area (Å²) in [7, 11) is 1.78. The van der Waals surface area contributed by atoms with Gasteiger partial charge in [-0.15, -0.1) is 0 Å². The number of likely N-dealkylation sites (tertiary alicyclic amines) is 1. The lowest BCUT2D eigenvalue weighted by Gasteiger charge is -2.18. The van der Waals surface area contributed by atoms with E-state index in [2.05, 4.69) is 25.6 Å². The van der Waals surface area contributed by atoms with Crippen LogP contribution in [0.4, 0.5) is 0 Å². The molecule has 1 atom stereocenters. The summed E-state index contributed by atoms with van der Waals surface area (Å²) in [5.74, 6) is 2.04. The van der Waals surface area contributed by atoms with Gasteiger partial charge < -0.3 is 20.5 Å². The number of carbonyl (C=O) groups excluding carboxylic acids is 1. The first-order chi connectivity index (χ1) is 12.7. The van der Waals surface area contributed by atoms with Crippen molar-refractivity contribution < 1.29 is 4.79 Å². The van der Waals surface area contributed by atoms with E-state index in [4.69, 9.17) is 0 Å². The summed E-state index contributed by atoms with van der Waals surface area (Å²) >= 11 is 0. The molecular weight excluding hydrogens is 328 g/mol. The second-order valence-corrected chi connectivity index (χ2v) is 6.63. The Kier molecular flexibility index (Phi) is 6.09. The van der Waals surface area contributed by atoms with Gasteiger partial charge in [0.05, 0.1) is 11.0 Å². The molecule has 1 aliphatic rings. The van der Waals surface area contributed by atoms with Gasteiger partial charge >= 0.3 is 0 Å². The number of nitrogens with one attached hydrogen (secondary N) is 3. The van der Waals surface area contributed by atoms with Gasteiger partial charge in [-0.25, -0.2) is 4.98 Å². The lowest BCUT2D eigenvalue weighted by molar-refractivity contribution is -0.129. The van der Waals surface area contributed by atoms with Crippen molar-refractivity contribution in [3.05, 3.63) is 30.1 Å². The summed E-state index contributed by atoms with van der Waals surface area (Å²) in [6, 6.07) is 8.35. The van der Waals surface area contributed by atoms with Crippen molar-refractivity contribution in [2.75, 3.05) is 26.7 Å². The van der Waals surface area contributed by atoms with E-state index in [0.717, 1.165) is 61.7 Å². The van der Waals surface area contributed by atoms with Crippen LogP contribution in [0.25, 0.3) is 11.0 Å². The molecule has 26 heavy (non-hydrogen) atoms. The van der Waals surface area contributed by atoms with Gasteiger partial charge in [0.2, 0.25) is 5.91 Å². The molecule has 1 fully saturated rings. The topological polar surface area (TPSA) is 85.4 Å². The minimum absolute atomic E-state index is 0.225. The molecule has 7 heteroatoms. The van der Waals surface area contributed by atoms with Gasteiger partial charge in [-0.1, -0.05) is 19.1 Å². The van der Waals surface area contributed by atoms with Crippen LogP contribution in [-0.4, -0.2) is 59.5 Å². The number of guanidine groups is 1. The number of aromatic amines is 1. The zero-order valence-corrected chi connectivity index (χ0v) is 15.6. The molecule has 3 rings (SSSR count). The summed E-state index contributed by atoms with van der Waals surface area (Å²) in [5, 5.41) is 6.77. The first-order valence-electron chi connectivity index (χ1n) is 9.38. The monoisotopic (exact) mass is 356 g/mol. The van der Waals surface area contributed by atoms with Gasteiger partial charge in [0.1, 0.15) is 5.82 Å². The first kappa shape index (κ1) is 18.2. The number of carbonyl (C=O) groups is 1. The normalized spacial score (nSPS) is 17.7. The van der Waals surface area contributed by atoms with Crippen molar-refractivity contribution in [2.45, 2.75) is 38.6 Å². The van der Waals surface area contributed by atoms with Gasteiger partial charge in [0, 0.05) is 45.6 Å². The number of amides is 1. The maximum absolute atomic E-state index is 11.8. The average molecular weight is 356 g/mol. The summed E-state index contributed by atoms with van der Waals surface area (Å²) < 4.78 is 0. The molecule has 0 aliphatic carbocycles. The van der Waals surface area contributed by atoms with E-state index in [-0.39, 0.29) is 11.9 Å². The van der Waals surface area contributed by atoms with Crippen molar-refractivity contribution in [3.8, 4) is 0 Å². The van der Waals surface area contributed by atoms with Crippen LogP contribution in [0.15, 0.2) is 29.3 Å². The number of imidazole rings is 1. The molecule has 0 bridgehead atoms. The SMILES string of the molecule is CCC(=O)N1CCC(NC(=NC)NCCCc2nc3ccccc3[nH]2)C1. The molecule has 1 unspecified atom stereocenters. The molecule has 1 aromatic heterocycles. The molecule has 1 aromatic carbocycles. The van der Waals surface area contributed by atoms with Gasteiger partial charge in [0.25, 0.3) is 0 Å². The lowest BCUT2D eigenvalue weighted by Crippen LogP contribution is -2.45. The predicted molar refractivity (Wildman–Crippen MR) is 104 cm³/mol. The Morgan fingerprint density at radius 3 is 3.04 bits per heavy atom. The molecule has 2 aromatic rings. The Labute approximate surface area is 154 Å². The number of hydrogen-bond acceptors (Lipinski definition) is 3. The van der Waals surface area contributed by atoms with Crippen LogP contribution in [0.3, 0.4) is 0 Å². The van der Waals surface area contributed by atoms with Crippen molar-refractivity contribution in [1.82, 2.24) is 25.5 Å². The number of para-hydroxylation sites is 2. The molecule has 0 spiro atoms. The third kappa shape index (κ3) is 4.53. The highest BCUT2D eigenvalue weighted by Gasteiger charge is 2.25. The van der Waals surface area contributed by atoms with E-state index >= 15 is 0 Å². The minimum atomic E-state index is 0.225. The van der Waals surface area contributed by atoms with E-state index in [1.165, 1.54) is 0 Å². The van der Waals surface area contributed by atoms with Gasteiger partial charge in [-0.05, 0) is 25.0 Å². The van der Waals surface area contributed by atoms with Gasteiger partial charge in [-0.3, -0.25) is 9.79 Å². The second kappa shape index (κ2) is 8.69. The largest absolute Gasteiger partial charge is 0.356 e. The third-order valence-corrected chi connectivity index (χ3v) is 4.73. The zero-order valence-electron chi connectivity index (χ0n) is 15.6. The zero-order chi connectivity index (χ0) is 18.4. The van der Waals surface area contributed by atoms with Crippen molar-refractivity contribution in [2.24, 2.45) is 4.99 Å². The van der Waals surface area contributed by atoms with Crippen LogP contribution in [0.1, 0.15) is 32.0 Å². The lowest BCUT2D eigenvalue weighted by atomic mass is 10.2. The quantitative estimate of drug-likeness (QED) is 0.418. The van der Waals surface area contributed by atoms with Crippen LogP contribution >= 0.6 is 0 Å². The van der Waals surface area contributed by atoms with Crippen LogP contribution in [-0.2, 0) is 11.2 Å². The fourth-order valence-corrected chi connectivity index (χ4v) is 3.30. The van der Waals surface area contributed by atoms with Gasteiger partial charge in [0.15, 0.2) is 5.96 Å². The standard InChI is InChI=1S/C19H28N6O/c1-3-18(26)25-12-10-14(13-25)22-19(20-2)21-11-6-9-17-23-15-7-4-5-8-16(15)24-17/h4-5,7-8,14H,3,6,9-13H2,1-2H3,(H,23,24)(H2,20,21,22). The minimum Gasteiger partial charge on any atom is -0.356 e. The third-order valence-electron chi connectivity index (χ3n) is 4.73. The highest BCUT2D eigenvalue weighted by Crippen LogP contribution is 2.11. The number of nitrogens with zero attached hydrogens (tertiary/aromatic N) is 3. The van der Waals surface area contributed by atoms with E-state index in [1.54, 1.807) is 7.05 Å². The molecule has 1 saturated heterocycles. The second-order valence-electron chi connectivity index (χ2n) is 6.63. The Balaban J connectivity index is 1.40. The number of rotatable bonds is 6. The molecule has 1 aliphatic heterocycles. The number of aryl methyl sites for hydroxylation is 1. The summed E-state index contributed by atoms with van der Waals surface area (Å²) in [5.41, 5.74) is 2.10. The van der Waals surface area contributed by atoms with E-state index in [0.29, 0.717) is 6.42 Å². The van der Waals surface area contributed by atoms with E-state index in [1.807, 2.05) is 36.1 Å². The summed E-state index contributed by atoms with van der Waals surface area (Å²) in [6.45, 7) is 4.31. The Bertz CT molecular complexity index is 735. The summed E-state index contributed by atoms with van der Waals surface area (Å²) in [4.78, 5) is 25.9. The molecule has 1 amide bonds. The molecule has 2 heterocycles. The Morgan fingerprint density at radius 2 is 2.27 bits per heavy atom. The predicted octanol–water partition coefficient (Wildman–Crippen LogP) is 1.67. The molecule has 0 radical (unpaired) electrons. The van der Waals surface area contributed by atoms with Gasteiger partial charge in [-0.2, -0.15) is 0 Å². The van der Waals surface area contributed by atoms with E-state index < -0.39 is 0 Å². The number of aromatic nitrogens is 2. The number of hydrogen-bond donors (Lipinski definition) is 3. The number of fused-ring (bicyclic) bond motifs is 1. The number of aliphatic imine (C=N–C) groups is 1. The summed E-state index contributed by atoms with van der Waals surface area (Å²) in [6.07, 6.45) is 3.39. The molecule has 140 valence electrons. The van der Waals surface area contributed by atoms with Crippen LogP contribution in [0.2, 0.25) is 0 Å². The molecule has 7 nitrogen and oxygen atoms in total. The Morgan fingerprint density at radius 1 is 1.42 bits per heavy atom. The Hall–Kier alpha value is -2.57. The number of H-pyrrole nitrogens is 1. The van der Waals surface area contributed by atoms with Crippen LogP contribution < -0.4 is 10.6 Å². The van der Waals surface area contributed by atoms with Crippen LogP contribution in [0.5, 0.6) is 0 Å². The molecule has 0 saturated carbocycles. The fraction of sp³-hybridized carbons (Fsp3) is 0.526. The average Bonchev–Trinajstić information content (AvgIpc) is 3.29. The first-order valence-corrected chi connectivity index (χ1v) is 9.38. The highest BCUT2D eigenvalue weighted by molar-refractivity contribution is 5.80. The smallest absolute Gasteiger partial charge is 0.222 e. The van der Waals surface area contributed by atoms with E-state index in [9.17, 15) is 4.79 Å². The maximum atomic E-state index is 11.8. The molecular formula is C19H28N6O. The van der Waals surface area contributed by atoms with Crippen LogP contribution in [0, 0.1) is 0 Å². The van der Waals surface area contributed by atoms with Crippen molar-refractivity contribution >= 4 is 22.9 Å². The van der Waals surface area contributed by atoms with Crippen molar-refractivity contribution in [3.63, 3.8) is 0 Å². The van der Waals surface area contributed by atoms with Crippen molar-refractivity contribution in [1.29, 1.82) is 0 Å². The maximum Gasteiger partial charge on any atom is 0.222 e. The fourth-order valence-electron chi connectivity index (χ4n) is 3.30. The number of benzene rings is 1. The molecule has 3 N–H and O–H groups in total. The highest BCUT2D eigenvalue weighted by atomic mass is 16.2.